The third-order valence-electron chi connectivity index (χ3n) is 3.77. The van der Waals surface area contributed by atoms with Crippen LogP contribution in [0, 0.1) is 6.92 Å². The smallest absolute Gasteiger partial charge is 0.341 e. The first-order chi connectivity index (χ1) is 12.0. The molecule has 0 radical (unpaired) electrons. The molecule has 3 heterocycles. The Morgan fingerprint density at radius 2 is 1.72 bits per heavy atom. The lowest BCUT2D eigenvalue weighted by atomic mass is 10.1. The number of ether oxygens (including phenoxy) is 2. The van der Waals surface area contributed by atoms with Gasteiger partial charge < -0.3 is 18.3 Å². The minimum absolute atomic E-state index is 0.0192. The molecule has 0 saturated carbocycles. The van der Waals surface area contributed by atoms with Crippen LogP contribution in [0.4, 0.5) is 0 Å². The van der Waals surface area contributed by atoms with Crippen molar-refractivity contribution in [3.63, 3.8) is 0 Å². The summed E-state index contributed by atoms with van der Waals surface area (Å²) in [7, 11) is 2.43. The zero-order chi connectivity index (χ0) is 18.1. The summed E-state index contributed by atoms with van der Waals surface area (Å²) in [6.45, 7) is 1.73. The first-order valence-corrected chi connectivity index (χ1v) is 7.39. The van der Waals surface area contributed by atoms with Gasteiger partial charge in [-0.15, -0.1) is 0 Å². The number of hydrogen-bond donors (Lipinski definition) is 0. The molecule has 0 fully saturated rings. The van der Waals surface area contributed by atoms with E-state index in [4.69, 9.17) is 13.9 Å². The Hall–Kier alpha value is -3.35. The number of methoxy groups -OCH3 is 2. The number of fused-ring (bicyclic) bond motifs is 1. The Morgan fingerprint density at radius 3 is 2.36 bits per heavy atom. The topological polar surface area (TPSA) is 87.2 Å². The molecule has 0 saturated heterocycles. The van der Waals surface area contributed by atoms with E-state index in [1.54, 1.807) is 41.8 Å². The second-order valence-electron chi connectivity index (χ2n) is 5.36. The molecular weight excluding hydrogens is 326 g/mol. The molecule has 128 valence electrons. The van der Waals surface area contributed by atoms with Crippen molar-refractivity contribution in [2.24, 2.45) is 0 Å². The fraction of sp³-hybridized carbons (Fsp3) is 0.167. The van der Waals surface area contributed by atoms with E-state index in [9.17, 15) is 14.4 Å². The number of aromatic nitrogens is 1. The lowest BCUT2D eigenvalue weighted by molar-refractivity contribution is 0.0558. The maximum Gasteiger partial charge on any atom is 0.341 e. The molecule has 7 heteroatoms. The Labute approximate surface area is 142 Å². The van der Waals surface area contributed by atoms with Crippen LogP contribution in [-0.2, 0) is 9.47 Å². The van der Waals surface area contributed by atoms with Gasteiger partial charge in [0.05, 0.1) is 19.7 Å². The molecule has 0 spiro atoms. The molecule has 0 unspecified atom stereocenters. The van der Waals surface area contributed by atoms with Crippen molar-refractivity contribution in [3.8, 4) is 11.5 Å². The molecule has 0 bridgehead atoms. The fourth-order valence-corrected chi connectivity index (χ4v) is 2.78. The summed E-state index contributed by atoms with van der Waals surface area (Å²) in [5, 5.41) is 0. The van der Waals surface area contributed by atoms with Gasteiger partial charge in [0.15, 0.2) is 5.76 Å². The number of aryl methyl sites for hydroxylation is 1. The molecule has 3 aromatic heterocycles. The van der Waals surface area contributed by atoms with E-state index in [1.165, 1.54) is 20.3 Å². The van der Waals surface area contributed by atoms with Crippen molar-refractivity contribution in [1.29, 1.82) is 0 Å². The van der Waals surface area contributed by atoms with Crippen molar-refractivity contribution in [2.75, 3.05) is 14.2 Å². The molecule has 0 aliphatic heterocycles. The van der Waals surface area contributed by atoms with Crippen LogP contribution in [0.3, 0.4) is 0 Å². The molecular formula is C18H15NO6. The normalized spacial score (nSPS) is 10.7. The Balaban J connectivity index is 2.51. The molecule has 3 aromatic rings. The summed E-state index contributed by atoms with van der Waals surface area (Å²) in [5.41, 5.74) is 0.824. The Kier molecular flexibility index (Phi) is 4.14. The lowest BCUT2D eigenvalue weighted by Gasteiger charge is -2.06. The summed E-state index contributed by atoms with van der Waals surface area (Å²) in [4.78, 5) is 36.5. The van der Waals surface area contributed by atoms with Gasteiger partial charge in [-0.1, -0.05) is 6.07 Å². The second kappa shape index (κ2) is 6.27. The third kappa shape index (κ3) is 2.69. The Bertz CT molecular complexity index is 1040. The van der Waals surface area contributed by atoms with E-state index in [0.717, 1.165) is 0 Å². The van der Waals surface area contributed by atoms with Gasteiger partial charge in [-0.05, 0) is 30.7 Å². The fourth-order valence-electron chi connectivity index (χ4n) is 2.78. The highest BCUT2D eigenvalue weighted by Crippen LogP contribution is 2.33. The number of pyridine rings is 1. The van der Waals surface area contributed by atoms with Crippen LogP contribution in [0.25, 0.3) is 17.0 Å². The number of nitrogens with zero attached hydrogens (tertiary/aromatic N) is 1. The van der Waals surface area contributed by atoms with Gasteiger partial charge in [0.2, 0.25) is 0 Å². The molecule has 0 atom stereocenters. The number of esters is 2. The molecule has 7 nitrogen and oxygen atoms in total. The number of carbonyl (C=O) groups excluding carboxylic acids is 2. The van der Waals surface area contributed by atoms with Crippen LogP contribution < -0.4 is 5.63 Å². The summed E-state index contributed by atoms with van der Waals surface area (Å²) < 4.78 is 16.5. The maximum atomic E-state index is 12.4. The molecule has 3 rings (SSSR count). The highest BCUT2D eigenvalue weighted by Gasteiger charge is 2.31. The van der Waals surface area contributed by atoms with Gasteiger partial charge in [0, 0.05) is 12.3 Å². The zero-order valence-electron chi connectivity index (χ0n) is 13.9. The minimum Gasteiger partial charge on any atom is -0.465 e. The molecule has 0 amide bonds. The van der Waals surface area contributed by atoms with E-state index >= 15 is 0 Å². The van der Waals surface area contributed by atoms with Gasteiger partial charge in [-0.2, -0.15) is 0 Å². The van der Waals surface area contributed by atoms with E-state index < -0.39 is 17.6 Å². The SMILES string of the molecule is COC(=O)c1c(C(=O)OC)c2ccccn2c1-c1cc(C)cc(=O)o1. The van der Waals surface area contributed by atoms with Crippen LogP contribution in [0.1, 0.15) is 26.3 Å². The largest absolute Gasteiger partial charge is 0.465 e. The van der Waals surface area contributed by atoms with Gasteiger partial charge in [0.1, 0.15) is 16.8 Å². The quantitative estimate of drug-likeness (QED) is 0.680. The van der Waals surface area contributed by atoms with Gasteiger partial charge in [-0.25, -0.2) is 14.4 Å². The summed E-state index contributed by atoms with van der Waals surface area (Å²) >= 11 is 0. The van der Waals surface area contributed by atoms with E-state index in [2.05, 4.69) is 0 Å². The zero-order valence-corrected chi connectivity index (χ0v) is 13.9. The summed E-state index contributed by atoms with van der Waals surface area (Å²) in [6, 6.07) is 8.06. The van der Waals surface area contributed by atoms with Crippen molar-refractivity contribution >= 4 is 17.5 Å². The van der Waals surface area contributed by atoms with Crippen LogP contribution in [-0.4, -0.2) is 30.6 Å². The summed E-state index contributed by atoms with van der Waals surface area (Å²) in [6.07, 6.45) is 1.66. The monoisotopic (exact) mass is 341 g/mol. The average molecular weight is 341 g/mol. The van der Waals surface area contributed by atoms with E-state index in [0.29, 0.717) is 11.1 Å². The van der Waals surface area contributed by atoms with Crippen LogP contribution >= 0.6 is 0 Å². The molecule has 0 N–H and O–H groups in total. The predicted molar refractivity (Wildman–Crippen MR) is 88.8 cm³/mol. The third-order valence-corrected chi connectivity index (χ3v) is 3.77. The number of carbonyl (C=O) groups is 2. The van der Waals surface area contributed by atoms with Gasteiger partial charge >= 0.3 is 17.6 Å². The Morgan fingerprint density at radius 1 is 1.04 bits per heavy atom. The minimum atomic E-state index is -0.733. The van der Waals surface area contributed by atoms with Crippen LogP contribution in [0.2, 0.25) is 0 Å². The average Bonchev–Trinajstić information content (AvgIpc) is 2.94. The molecule has 25 heavy (non-hydrogen) atoms. The van der Waals surface area contributed by atoms with Crippen molar-refractivity contribution in [2.45, 2.75) is 6.92 Å². The number of rotatable bonds is 3. The molecule has 0 aliphatic carbocycles. The number of hydrogen-bond acceptors (Lipinski definition) is 6. The van der Waals surface area contributed by atoms with Crippen LogP contribution in [0.5, 0.6) is 0 Å². The standard InChI is InChI=1S/C18H15NO6/c1-10-8-12(25-13(20)9-10)16-15(18(22)24-3)14(17(21)23-2)11-6-4-5-7-19(11)16/h4-9H,1-3H3. The van der Waals surface area contributed by atoms with E-state index in [-0.39, 0.29) is 22.6 Å². The highest BCUT2D eigenvalue weighted by atomic mass is 16.5. The van der Waals surface area contributed by atoms with E-state index in [1.807, 2.05) is 0 Å². The predicted octanol–water partition coefficient (Wildman–Crippen LogP) is 2.44. The maximum absolute atomic E-state index is 12.4. The van der Waals surface area contributed by atoms with Crippen molar-refractivity contribution in [1.82, 2.24) is 4.40 Å². The van der Waals surface area contributed by atoms with Crippen molar-refractivity contribution in [3.05, 3.63) is 63.6 Å². The van der Waals surface area contributed by atoms with Gasteiger partial charge in [0.25, 0.3) is 0 Å². The van der Waals surface area contributed by atoms with Crippen LogP contribution in [0.15, 0.2) is 45.7 Å². The lowest BCUT2D eigenvalue weighted by Crippen LogP contribution is -2.11. The first-order valence-electron chi connectivity index (χ1n) is 7.39. The van der Waals surface area contributed by atoms with Crippen molar-refractivity contribution < 1.29 is 23.5 Å². The highest BCUT2D eigenvalue weighted by molar-refractivity contribution is 6.12. The first kappa shape index (κ1) is 16.5. The molecule has 0 aliphatic rings. The summed E-state index contributed by atoms with van der Waals surface area (Å²) in [5.74, 6) is -1.27. The second-order valence-corrected chi connectivity index (χ2v) is 5.36. The molecule has 0 aromatic carbocycles. The van der Waals surface area contributed by atoms with Gasteiger partial charge in [-0.3, -0.25) is 0 Å².